The predicted octanol–water partition coefficient (Wildman–Crippen LogP) is 5.00. The third-order valence-electron chi connectivity index (χ3n) is 7.74. The first-order valence-corrected chi connectivity index (χ1v) is 15.3. The first kappa shape index (κ1) is 28.9. The van der Waals surface area contributed by atoms with Crippen LogP contribution >= 0.6 is 11.8 Å². The molecule has 2 amide bonds. The average Bonchev–Trinajstić information content (AvgIpc) is 3.66. The van der Waals surface area contributed by atoms with E-state index in [0.29, 0.717) is 45.4 Å². The number of tetrazole rings is 1. The van der Waals surface area contributed by atoms with Crippen molar-refractivity contribution in [2.24, 2.45) is 0 Å². The average molecular weight is 622 g/mol. The molecular formula is C33H27N5O6S. The lowest BCUT2D eigenvalue weighted by Gasteiger charge is -2.36. The Hall–Kier alpha value is -4.88. The molecule has 4 aromatic carbocycles. The lowest BCUT2D eigenvalue weighted by atomic mass is 10.0. The molecular weight excluding hydrogens is 594 g/mol. The summed E-state index contributed by atoms with van der Waals surface area (Å²) in [5.74, 6) is -0.101. The number of carbonyl (C=O) groups excluding carboxylic acids is 2. The lowest BCUT2D eigenvalue weighted by Crippen LogP contribution is -2.32. The van der Waals surface area contributed by atoms with Gasteiger partial charge in [-0.1, -0.05) is 60.3 Å². The number of benzene rings is 4. The zero-order chi connectivity index (χ0) is 30.9. The van der Waals surface area contributed by atoms with E-state index in [1.807, 2.05) is 30.3 Å². The maximum atomic E-state index is 13.2. The van der Waals surface area contributed by atoms with Gasteiger partial charge in [0, 0.05) is 17.7 Å². The number of rotatable bonds is 8. The molecule has 45 heavy (non-hydrogen) atoms. The van der Waals surface area contributed by atoms with Gasteiger partial charge in [-0.2, -0.15) is 4.68 Å². The Bertz CT molecular complexity index is 1830. The van der Waals surface area contributed by atoms with Gasteiger partial charge in [-0.15, -0.1) is 5.10 Å². The first-order valence-electron chi connectivity index (χ1n) is 14.3. The van der Waals surface area contributed by atoms with Crippen LogP contribution in [-0.2, 0) is 16.1 Å². The molecule has 2 N–H and O–H groups in total. The van der Waals surface area contributed by atoms with Crippen molar-refractivity contribution in [3.05, 3.63) is 125 Å². The smallest absolute Gasteiger partial charge is 0.266 e. The Morgan fingerprint density at radius 1 is 0.822 bits per heavy atom. The van der Waals surface area contributed by atoms with Crippen LogP contribution in [0.15, 0.2) is 102 Å². The van der Waals surface area contributed by atoms with Gasteiger partial charge in [0.25, 0.3) is 11.8 Å². The highest BCUT2D eigenvalue weighted by atomic mass is 32.2. The second-order valence-electron chi connectivity index (χ2n) is 10.6. The molecule has 0 spiro atoms. The zero-order valence-electron chi connectivity index (χ0n) is 23.8. The van der Waals surface area contributed by atoms with Crippen molar-refractivity contribution >= 4 is 29.3 Å². The summed E-state index contributed by atoms with van der Waals surface area (Å²) in [5, 5.41) is 31.9. The second-order valence-corrected chi connectivity index (χ2v) is 11.6. The van der Waals surface area contributed by atoms with E-state index in [0.717, 1.165) is 11.1 Å². The van der Waals surface area contributed by atoms with Crippen LogP contribution in [0.2, 0.25) is 0 Å². The van der Waals surface area contributed by atoms with Gasteiger partial charge in [0.15, 0.2) is 6.29 Å². The third-order valence-corrected chi connectivity index (χ3v) is 8.79. The molecule has 3 atom stereocenters. The molecule has 0 radical (unpaired) electrons. The quantitative estimate of drug-likeness (QED) is 0.180. The number of thioether (sulfide) groups is 1. The lowest BCUT2D eigenvalue weighted by molar-refractivity contribution is -0.245. The number of phenolic OH excluding ortho intramolecular Hbond substituents is 1. The number of carbonyl (C=O) groups is 2. The van der Waals surface area contributed by atoms with E-state index < -0.39 is 6.29 Å². The number of phenols is 1. The molecule has 1 saturated heterocycles. The van der Waals surface area contributed by atoms with Gasteiger partial charge in [0.1, 0.15) is 5.75 Å². The fraction of sp³-hybridized carbons (Fsp3) is 0.182. The van der Waals surface area contributed by atoms with Crippen LogP contribution in [-0.4, -0.2) is 54.1 Å². The molecule has 0 aliphatic carbocycles. The number of fused-ring (bicyclic) bond motifs is 1. The maximum absolute atomic E-state index is 13.2. The van der Waals surface area contributed by atoms with Gasteiger partial charge in [0.2, 0.25) is 5.16 Å². The number of imide groups is 1. The summed E-state index contributed by atoms with van der Waals surface area (Å²) in [6.07, 6.45) is -0.877. The Morgan fingerprint density at radius 2 is 1.56 bits per heavy atom. The number of aliphatic hydroxyl groups is 1. The fourth-order valence-electron chi connectivity index (χ4n) is 5.45. The van der Waals surface area contributed by atoms with E-state index in [1.54, 1.807) is 71.4 Å². The van der Waals surface area contributed by atoms with E-state index >= 15 is 0 Å². The van der Waals surface area contributed by atoms with Crippen LogP contribution in [0.1, 0.15) is 56.2 Å². The van der Waals surface area contributed by atoms with E-state index in [-0.39, 0.29) is 36.4 Å². The number of ether oxygens (including phenoxy) is 2. The topological polar surface area (TPSA) is 140 Å². The molecule has 2 aliphatic rings. The number of hydrogen-bond acceptors (Lipinski definition) is 10. The summed E-state index contributed by atoms with van der Waals surface area (Å²) in [7, 11) is 0. The van der Waals surface area contributed by atoms with Crippen LogP contribution in [0.25, 0.3) is 5.69 Å². The molecule has 1 aromatic heterocycles. The number of aliphatic hydroxyl groups excluding tert-OH is 1. The Balaban J connectivity index is 1.15. The van der Waals surface area contributed by atoms with Crippen molar-refractivity contribution in [2.75, 3.05) is 10.7 Å². The Kier molecular flexibility index (Phi) is 7.86. The number of nitrogens with zero attached hydrogens (tertiary/aromatic N) is 5. The summed E-state index contributed by atoms with van der Waals surface area (Å²) in [4.78, 5) is 27.5. The fourth-order valence-corrected chi connectivity index (χ4v) is 6.36. The largest absolute Gasteiger partial charge is 0.508 e. The number of hydrogen-bond donors (Lipinski definition) is 2. The second kappa shape index (κ2) is 12.3. The summed E-state index contributed by atoms with van der Waals surface area (Å²) in [6, 6.07) is 28.1. The molecule has 1 fully saturated rings. The van der Waals surface area contributed by atoms with Gasteiger partial charge < -0.3 is 19.7 Å². The number of amides is 2. The summed E-state index contributed by atoms with van der Waals surface area (Å²) in [5.41, 5.74) is 4.26. The van der Waals surface area contributed by atoms with Gasteiger partial charge in [-0.3, -0.25) is 9.59 Å². The summed E-state index contributed by atoms with van der Waals surface area (Å²) >= 11 is 1.43. The minimum absolute atomic E-state index is 0.0584. The SMILES string of the molecule is O=C1c2ccccc2C(=O)N1c1cccc(C2OC(CSc3nnnn3-c3ccc(O)cc3)CC(c3ccc(CO)cc3)O2)c1. The van der Waals surface area contributed by atoms with Gasteiger partial charge in [-0.25, -0.2) is 4.90 Å². The van der Waals surface area contributed by atoms with Crippen LogP contribution in [0.3, 0.4) is 0 Å². The summed E-state index contributed by atoms with van der Waals surface area (Å²) < 4.78 is 14.6. The van der Waals surface area contributed by atoms with E-state index in [2.05, 4.69) is 15.5 Å². The molecule has 226 valence electrons. The number of anilines is 1. The van der Waals surface area contributed by atoms with Gasteiger partial charge >= 0.3 is 0 Å². The monoisotopic (exact) mass is 621 g/mol. The van der Waals surface area contributed by atoms with Crippen molar-refractivity contribution in [1.29, 1.82) is 0 Å². The number of aromatic hydroxyl groups is 1. The maximum Gasteiger partial charge on any atom is 0.266 e. The predicted molar refractivity (Wildman–Crippen MR) is 164 cm³/mol. The highest BCUT2D eigenvalue weighted by molar-refractivity contribution is 7.99. The molecule has 5 aromatic rings. The highest BCUT2D eigenvalue weighted by Gasteiger charge is 2.37. The van der Waals surface area contributed by atoms with Gasteiger partial charge in [-0.05, 0) is 70.1 Å². The van der Waals surface area contributed by atoms with E-state index in [1.165, 1.54) is 16.7 Å². The Labute approximate surface area is 262 Å². The molecule has 7 rings (SSSR count). The molecule has 0 bridgehead atoms. The van der Waals surface area contributed by atoms with Crippen molar-refractivity contribution < 1.29 is 29.3 Å². The standard InChI is InChI=1S/C33H27N5O6S/c39-18-20-8-10-21(11-9-20)29-17-26(19-45-33-34-35-36-38(33)23-12-14-25(40)15-13-23)43-32(44-29)22-4-3-5-24(16-22)37-30(41)27-6-1-2-7-28(27)31(37)42/h1-16,26,29,32,39-40H,17-19H2. The highest BCUT2D eigenvalue weighted by Crippen LogP contribution is 2.40. The van der Waals surface area contributed by atoms with Crippen LogP contribution in [0.5, 0.6) is 5.75 Å². The van der Waals surface area contributed by atoms with Crippen molar-refractivity contribution in [2.45, 2.75) is 36.7 Å². The molecule has 0 saturated carbocycles. The zero-order valence-corrected chi connectivity index (χ0v) is 24.6. The molecule has 3 unspecified atom stereocenters. The minimum atomic E-state index is -0.796. The van der Waals surface area contributed by atoms with Crippen LogP contribution < -0.4 is 4.90 Å². The van der Waals surface area contributed by atoms with Crippen molar-refractivity contribution in [1.82, 2.24) is 20.2 Å². The first-order chi connectivity index (χ1) is 22.0. The van der Waals surface area contributed by atoms with Crippen LogP contribution in [0.4, 0.5) is 5.69 Å². The normalized spacial score (nSPS) is 19.6. The molecule has 2 aliphatic heterocycles. The minimum Gasteiger partial charge on any atom is -0.508 e. The molecule has 12 heteroatoms. The number of aromatic nitrogens is 4. The molecule has 3 heterocycles. The van der Waals surface area contributed by atoms with Crippen LogP contribution in [0, 0.1) is 0 Å². The van der Waals surface area contributed by atoms with E-state index in [4.69, 9.17) is 9.47 Å². The van der Waals surface area contributed by atoms with Gasteiger partial charge in [0.05, 0.1) is 41.3 Å². The Morgan fingerprint density at radius 3 is 2.27 bits per heavy atom. The van der Waals surface area contributed by atoms with E-state index in [9.17, 15) is 19.8 Å². The van der Waals surface area contributed by atoms with Crippen molar-refractivity contribution in [3.63, 3.8) is 0 Å². The van der Waals surface area contributed by atoms with Crippen molar-refractivity contribution in [3.8, 4) is 11.4 Å². The summed E-state index contributed by atoms with van der Waals surface area (Å²) in [6.45, 7) is -0.0584. The third kappa shape index (κ3) is 5.71. The molecule has 11 nitrogen and oxygen atoms in total.